The lowest BCUT2D eigenvalue weighted by Gasteiger charge is -2.32. The number of hydrogen-bond donors (Lipinski definition) is 2. The zero-order chi connectivity index (χ0) is 22.1. The van der Waals surface area contributed by atoms with Gasteiger partial charge in [0.15, 0.2) is 0 Å². The van der Waals surface area contributed by atoms with Crippen molar-refractivity contribution in [1.29, 1.82) is 0 Å². The van der Waals surface area contributed by atoms with Crippen LogP contribution < -0.4 is 10.6 Å². The van der Waals surface area contributed by atoms with Crippen molar-refractivity contribution in [2.24, 2.45) is 5.92 Å². The van der Waals surface area contributed by atoms with Gasteiger partial charge < -0.3 is 20.3 Å². The number of rotatable bonds is 6. The topological polar surface area (TPSA) is 87.7 Å². The Morgan fingerprint density at radius 2 is 1.83 bits per heavy atom. The molecule has 3 amide bonds. The van der Waals surface area contributed by atoms with Crippen molar-refractivity contribution >= 4 is 24.0 Å². The van der Waals surface area contributed by atoms with Crippen molar-refractivity contribution in [1.82, 2.24) is 15.5 Å². The van der Waals surface area contributed by atoms with Crippen LogP contribution in [0.15, 0.2) is 30.3 Å². The molecule has 0 atom stereocenters. The van der Waals surface area contributed by atoms with E-state index in [1.54, 1.807) is 43.9 Å². The van der Waals surface area contributed by atoms with Gasteiger partial charge in [-0.2, -0.15) is 0 Å². The highest BCUT2D eigenvalue weighted by Crippen LogP contribution is 2.16. The molecule has 1 heterocycles. The van der Waals surface area contributed by atoms with Crippen LogP contribution in [-0.4, -0.2) is 54.6 Å². The van der Waals surface area contributed by atoms with Gasteiger partial charge >= 0.3 is 6.09 Å². The molecule has 0 saturated carbocycles. The zero-order valence-electron chi connectivity index (χ0n) is 17.7. The second kappa shape index (κ2) is 10.8. The van der Waals surface area contributed by atoms with Crippen molar-refractivity contribution in [2.45, 2.75) is 39.2 Å². The number of carbonyl (C=O) groups is 3. The SMILES string of the molecule is CC(C)(C)OC(=O)NCC(=O)N1CCC(CNC(=O)/C=C/c2ccccc2F)CC1. The van der Waals surface area contributed by atoms with Gasteiger partial charge in [0.05, 0.1) is 0 Å². The summed E-state index contributed by atoms with van der Waals surface area (Å²) in [5.41, 5.74) is -0.250. The van der Waals surface area contributed by atoms with Gasteiger partial charge in [-0.15, -0.1) is 0 Å². The number of hydrogen-bond acceptors (Lipinski definition) is 4. The van der Waals surface area contributed by atoms with Crippen LogP contribution >= 0.6 is 0 Å². The Morgan fingerprint density at radius 3 is 2.47 bits per heavy atom. The molecule has 1 aromatic carbocycles. The molecule has 2 N–H and O–H groups in total. The minimum absolute atomic E-state index is 0.100. The maximum atomic E-state index is 13.5. The monoisotopic (exact) mass is 419 g/mol. The minimum atomic E-state index is -0.614. The highest BCUT2D eigenvalue weighted by atomic mass is 19.1. The summed E-state index contributed by atoms with van der Waals surface area (Å²) < 4.78 is 18.7. The molecule has 0 aromatic heterocycles. The molecule has 8 heteroatoms. The molecule has 1 aliphatic heterocycles. The fourth-order valence-corrected chi connectivity index (χ4v) is 3.04. The standard InChI is InChI=1S/C22H30FN3O4/c1-22(2,3)30-21(29)25-15-20(28)26-12-10-16(11-13-26)14-24-19(27)9-8-17-6-4-5-7-18(17)23/h4-9,16H,10-15H2,1-3H3,(H,24,27)(H,25,29)/b9-8+. The number of benzene rings is 1. The molecule has 0 unspecified atom stereocenters. The van der Waals surface area contributed by atoms with Crippen molar-refractivity contribution in [3.05, 3.63) is 41.7 Å². The quantitative estimate of drug-likeness (QED) is 0.694. The number of nitrogens with one attached hydrogen (secondary N) is 2. The number of nitrogens with zero attached hydrogens (tertiary/aromatic N) is 1. The third kappa shape index (κ3) is 8.23. The fourth-order valence-electron chi connectivity index (χ4n) is 3.04. The first-order valence-electron chi connectivity index (χ1n) is 10.1. The summed E-state index contributed by atoms with van der Waals surface area (Å²) in [6, 6.07) is 6.25. The summed E-state index contributed by atoms with van der Waals surface area (Å²) >= 11 is 0. The maximum absolute atomic E-state index is 13.5. The van der Waals surface area contributed by atoms with Gasteiger partial charge in [0.1, 0.15) is 18.0 Å². The van der Waals surface area contributed by atoms with Crippen molar-refractivity contribution in [3.8, 4) is 0 Å². The molecule has 0 bridgehead atoms. The predicted molar refractivity (Wildman–Crippen MR) is 112 cm³/mol. The summed E-state index contributed by atoms with van der Waals surface area (Å²) in [6.45, 7) is 6.81. The normalized spacial score (nSPS) is 15.1. The molecule has 1 fully saturated rings. The van der Waals surface area contributed by atoms with E-state index in [1.807, 2.05) is 0 Å². The number of amides is 3. The maximum Gasteiger partial charge on any atom is 0.408 e. The first-order chi connectivity index (χ1) is 14.1. The fraction of sp³-hybridized carbons (Fsp3) is 0.500. The van der Waals surface area contributed by atoms with E-state index in [0.717, 1.165) is 12.8 Å². The van der Waals surface area contributed by atoms with E-state index in [1.165, 1.54) is 18.2 Å². The number of alkyl carbamates (subject to hydrolysis) is 1. The van der Waals surface area contributed by atoms with Gasteiger partial charge in [-0.25, -0.2) is 9.18 Å². The molecule has 0 aliphatic carbocycles. The van der Waals surface area contributed by atoms with Crippen LogP contribution in [0.4, 0.5) is 9.18 Å². The predicted octanol–water partition coefficient (Wildman–Crippen LogP) is 2.72. The molecule has 30 heavy (non-hydrogen) atoms. The molecule has 0 spiro atoms. The molecule has 1 aromatic rings. The van der Waals surface area contributed by atoms with Gasteiger partial charge in [0.25, 0.3) is 0 Å². The molecule has 0 radical (unpaired) electrons. The van der Waals surface area contributed by atoms with Gasteiger partial charge in [-0.3, -0.25) is 9.59 Å². The van der Waals surface area contributed by atoms with Gasteiger partial charge in [-0.05, 0) is 51.7 Å². The number of carbonyl (C=O) groups excluding carboxylic acids is 3. The van der Waals surface area contributed by atoms with E-state index >= 15 is 0 Å². The molecule has 1 aliphatic rings. The van der Waals surface area contributed by atoms with E-state index in [2.05, 4.69) is 10.6 Å². The molecule has 2 rings (SSSR count). The van der Waals surface area contributed by atoms with Crippen LogP contribution in [0.3, 0.4) is 0 Å². The molecular weight excluding hydrogens is 389 g/mol. The number of ether oxygens (including phenoxy) is 1. The van der Waals surface area contributed by atoms with Crippen LogP contribution in [0, 0.1) is 11.7 Å². The van der Waals surface area contributed by atoms with E-state index in [-0.39, 0.29) is 30.1 Å². The van der Waals surface area contributed by atoms with Crippen LogP contribution in [-0.2, 0) is 14.3 Å². The second-order valence-corrected chi connectivity index (χ2v) is 8.28. The van der Waals surface area contributed by atoms with Gasteiger partial charge in [-0.1, -0.05) is 18.2 Å². The smallest absolute Gasteiger partial charge is 0.408 e. The first-order valence-corrected chi connectivity index (χ1v) is 10.1. The van der Waals surface area contributed by atoms with E-state index in [9.17, 15) is 18.8 Å². The molecular formula is C22H30FN3O4. The van der Waals surface area contributed by atoms with E-state index in [4.69, 9.17) is 4.74 Å². The Morgan fingerprint density at radius 1 is 1.17 bits per heavy atom. The summed E-state index contributed by atoms with van der Waals surface area (Å²) in [7, 11) is 0. The lowest BCUT2D eigenvalue weighted by molar-refractivity contribution is -0.131. The minimum Gasteiger partial charge on any atom is -0.444 e. The second-order valence-electron chi connectivity index (χ2n) is 8.28. The molecule has 164 valence electrons. The van der Waals surface area contributed by atoms with Crippen LogP contribution in [0.1, 0.15) is 39.2 Å². The van der Waals surface area contributed by atoms with Gasteiger partial charge in [0.2, 0.25) is 11.8 Å². The average Bonchev–Trinajstić information content (AvgIpc) is 2.69. The average molecular weight is 419 g/mol. The Balaban J connectivity index is 1.66. The number of piperidine rings is 1. The third-order valence-electron chi connectivity index (χ3n) is 4.63. The summed E-state index contributed by atoms with van der Waals surface area (Å²) in [4.78, 5) is 37.5. The zero-order valence-corrected chi connectivity index (χ0v) is 17.7. The summed E-state index contributed by atoms with van der Waals surface area (Å²) in [5.74, 6) is -0.548. The summed E-state index contributed by atoms with van der Waals surface area (Å²) in [6.07, 6.45) is 3.67. The third-order valence-corrected chi connectivity index (χ3v) is 4.63. The number of halogens is 1. The lowest BCUT2D eigenvalue weighted by Crippen LogP contribution is -2.46. The molecule has 1 saturated heterocycles. The Hall–Kier alpha value is -2.90. The van der Waals surface area contributed by atoms with Crippen LogP contribution in [0.25, 0.3) is 6.08 Å². The van der Waals surface area contributed by atoms with Crippen LogP contribution in [0.5, 0.6) is 0 Å². The highest BCUT2D eigenvalue weighted by molar-refractivity contribution is 5.91. The Kier molecular flexibility index (Phi) is 8.38. The van der Waals surface area contributed by atoms with Crippen molar-refractivity contribution in [2.75, 3.05) is 26.2 Å². The van der Waals surface area contributed by atoms with Crippen LogP contribution in [0.2, 0.25) is 0 Å². The van der Waals surface area contributed by atoms with Crippen molar-refractivity contribution in [3.63, 3.8) is 0 Å². The Labute approximate surface area is 176 Å². The first kappa shape index (κ1) is 23.4. The van der Waals surface area contributed by atoms with Gasteiger partial charge in [0, 0.05) is 31.3 Å². The number of likely N-dealkylation sites (tertiary alicyclic amines) is 1. The lowest BCUT2D eigenvalue weighted by atomic mass is 9.96. The van der Waals surface area contributed by atoms with Crippen molar-refractivity contribution < 1.29 is 23.5 Å². The summed E-state index contributed by atoms with van der Waals surface area (Å²) in [5, 5.41) is 5.30. The largest absolute Gasteiger partial charge is 0.444 e. The Bertz CT molecular complexity index is 781. The highest BCUT2D eigenvalue weighted by Gasteiger charge is 2.24. The van der Waals surface area contributed by atoms with E-state index < -0.39 is 11.7 Å². The molecule has 7 nitrogen and oxygen atoms in total. The van der Waals surface area contributed by atoms with E-state index in [0.29, 0.717) is 25.2 Å².